The molecule has 1 N–H and O–H groups in total. The topological polar surface area (TPSA) is 19.0 Å². The zero-order chi connectivity index (χ0) is 14.2. The Labute approximate surface area is 127 Å². The molecule has 2 aromatic heterocycles. The van der Waals surface area contributed by atoms with Gasteiger partial charge in [0.1, 0.15) is 5.82 Å². The molecule has 1 aromatic carbocycles. The number of fused-ring (bicyclic) bond motifs is 1. The Kier molecular flexibility index (Phi) is 3.28. The largest absolute Gasteiger partial charge is 0.358 e. The predicted molar refractivity (Wildman–Crippen MR) is 86.1 cm³/mol. The number of rotatable bonds is 3. The molecular formula is C17H17FN2S. The molecule has 2 nitrogen and oxygen atoms in total. The Morgan fingerprint density at radius 1 is 1.14 bits per heavy atom. The van der Waals surface area contributed by atoms with E-state index in [1.807, 2.05) is 23.6 Å². The zero-order valence-electron chi connectivity index (χ0n) is 11.7. The summed E-state index contributed by atoms with van der Waals surface area (Å²) in [6.07, 6.45) is 4.55. The highest BCUT2D eigenvalue weighted by Gasteiger charge is 2.15. The summed E-state index contributed by atoms with van der Waals surface area (Å²) in [7, 11) is 0. The van der Waals surface area contributed by atoms with Gasteiger partial charge in [-0.1, -0.05) is 12.1 Å². The first-order chi connectivity index (χ1) is 10.3. The van der Waals surface area contributed by atoms with Gasteiger partial charge in [-0.15, -0.1) is 11.3 Å². The molecule has 21 heavy (non-hydrogen) atoms. The number of hydrogen-bond donors (Lipinski definition) is 1. The predicted octanol–water partition coefficient (Wildman–Crippen LogP) is 4.63. The third kappa shape index (κ3) is 2.39. The van der Waals surface area contributed by atoms with Gasteiger partial charge in [0.25, 0.3) is 0 Å². The van der Waals surface area contributed by atoms with Gasteiger partial charge in [-0.3, -0.25) is 4.90 Å². The summed E-state index contributed by atoms with van der Waals surface area (Å²) in [6, 6.07) is 9.60. The van der Waals surface area contributed by atoms with Crippen molar-refractivity contribution in [2.24, 2.45) is 0 Å². The molecule has 1 fully saturated rings. The van der Waals surface area contributed by atoms with Gasteiger partial charge in [0.2, 0.25) is 0 Å². The first-order valence-electron chi connectivity index (χ1n) is 7.38. The third-order valence-corrected chi connectivity index (χ3v) is 5.27. The highest BCUT2D eigenvalue weighted by atomic mass is 32.1. The van der Waals surface area contributed by atoms with Crippen LogP contribution < -0.4 is 0 Å². The molecule has 0 radical (unpaired) electrons. The van der Waals surface area contributed by atoms with E-state index in [-0.39, 0.29) is 5.82 Å². The Bertz CT molecular complexity index is 768. The van der Waals surface area contributed by atoms with Crippen LogP contribution in [0, 0.1) is 5.82 Å². The molecule has 3 aromatic rings. The number of aromatic nitrogens is 1. The maximum absolute atomic E-state index is 13.8. The van der Waals surface area contributed by atoms with Gasteiger partial charge in [0.05, 0.1) is 5.52 Å². The SMILES string of the molecule is Fc1cccc2c(-c3ccc(CN4CCCC4)s3)c[nH]c12. The molecular weight excluding hydrogens is 283 g/mol. The molecule has 4 heteroatoms. The molecule has 0 bridgehead atoms. The first kappa shape index (κ1) is 13.0. The Morgan fingerprint density at radius 2 is 2.00 bits per heavy atom. The van der Waals surface area contributed by atoms with Gasteiger partial charge >= 0.3 is 0 Å². The van der Waals surface area contributed by atoms with Crippen molar-refractivity contribution in [1.82, 2.24) is 9.88 Å². The van der Waals surface area contributed by atoms with E-state index in [9.17, 15) is 4.39 Å². The Morgan fingerprint density at radius 3 is 2.86 bits per heavy atom. The van der Waals surface area contributed by atoms with Crippen molar-refractivity contribution < 1.29 is 4.39 Å². The fourth-order valence-corrected chi connectivity index (χ4v) is 4.17. The normalized spacial score (nSPS) is 16.0. The highest BCUT2D eigenvalue weighted by Crippen LogP contribution is 2.35. The van der Waals surface area contributed by atoms with Crippen LogP contribution in [0.15, 0.2) is 36.5 Å². The summed E-state index contributed by atoms with van der Waals surface area (Å²) < 4.78 is 13.8. The van der Waals surface area contributed by atoms with Crippen molar-refractivity contribution in [3.05, 3.63) is 47.2 Å². The second-order valence-corrected chi connectivity index (χ2v) is 6.78. The van der Waals surface area contributed by atoms with E-state index in [1.54, 1.807) is 6.07 Å². The molecule has 3 heterocycles. The first-order valence-corrected chi connectivity index (χ1v) is 8.20. The van der Waals surface area contributed by atoms with Crippen molar-refractivity contribution in [3.8, 4) is 10.4 Å². The van der Waals surface area contributed by atoms with Gasteiger partial charge in [-0.2, -0.15) is 0 Å². The van der Waals surface area contributed by atoms with Crippen LogP contribution in [0.1, 0.15) is 17.7 Å². The number of halogens is 1. The number of hydrogen-bond acceptors (Lipinski definition) is 2. The van der Waals surface area contributed by atoms with E-state index >= 15 is 0 Å². The van der Waals surface area contributed by atoms with E-state index < -0.39 is 0 Å². The van der Waals surface area contributed by atoms with E-state index in [0.29, 0.717) is 5.52 Å². The Balaban J connectivity index is 1.66. The van der Waals surface area contributed by atoms with Gasteiger partial charge in [0.15, 0.2) is 0 Å². The number of nitrogens with zero attached hydrogens (tertiary/aromatic N) is 1. The zero-order valence-corrected chi connectivity index (χ0v) is 12.5. The average Bonchev–Trinajstić information content (AvgIpc) is 3.19. The molecule has 0 saturated carbocycles. The molecule has 1 aliphatic rings. The van der Waals surface area contributed by atoms with E-state index in [2.05, 4.69) is 22.0 Å². The molecule has 1 aliphatic heterocycles. The van der Waals surface area contributed by atoms with Crippen molar-refractivity contribution >= 4 is 22.2 Å². The third-order valence-electron chi connectivity index (χ3n) is 4.17. The van der Waals surface area contributed by atoms with Gasteiger partial charge < -0.3 is 4.98 Å². The van der Waals surface area contributed by atoms with Crippen LogP contribution in [0.2, 0.25) is 0 Å². The number of para-hydroxylation sites is 1. The van der Waals surface area contributed by atoms with Crippen molar-refractivity contribution in [2.75, 3.05) is 13.1 Å². The number of likely N-dealkylation sites (tertiary alicyclic amines) is 1. The molecule has 0 amide bonds. The summed E-state index contributed by atoms with van der Waals surface area (Å²) >= 11 is 1.81. The van der Waals surface area contributed by atoms with Gasteiger partial charge in [0, 0.05) is 33.4 Å². The van der Waals surface area contributed by atoms with Crippen molar-refractivity contribution in [2.45, 2.75) is 19.4 Å². The fourth-order valence-electron chi connectivity index (χ4n) is 3.09. The van der Waals surface area contributed by atoms with Crippen molar-refractivity contribution in [1.29, 1.82) is 0 Å². The van der Waals surface area contributed by atoms with Crippen LogP contribution in [-0.2, 0) is 6.54 Å². The molecule has 1 saturated heterocycles. The van der Waals surface area contributed by atoms with Crippen LogP contribution in [0.3, 0.4) is 0 Å². The number of nitrogens with one attached hydrogen (secondary N) is 1. The molecule has 0 spiro atoms. The number of thiophene rings is 1. The van der Waals surface area contributed by atoms with Crippen LogP contribution in [0.4, 0.5) is 4.39 Å². The lowest BCUT2D eigenvalue weighted by molar-refractivity contribution is 0.334. The van der Waals surface area contributed by atoms with Crippen molar-refractivity contribution in [3.63, 3.8) is 0 Å². The van der Waals surface area contributed by atoms with E-state index in [4.69, 9.17) is 0 Å². The van der Waals surface area contributed by atoms with Crippen LogP contribution in [-0.4, -0.2) is 23.0 Å². The standard InChI is InChI=1S/C17H17FN2S/c18-15-5-3-4-13-14(10-19-17(13)15)16-7-6-12(21-16)11-20-8-1-2-9-20/h3-7,10,19H,1-2,8-9,11H2. The highest BCUT2D eigenvalue weighted by molar-refractivity contribution is 7.15. The molecule has 4 rings (SSSR count). The van der Waals surface area contributed by atoms with Crippen LogP contribution in [0.25, 0.3) is 21.3 Å². The van der Waals surface area contributed by atoms with Gasteiger partial charge in [-0.25, -0.2) is 4.39 Å². The van der Waals surface area contributed by atoms with Gasteiger partial charge in [-0.05, 0) is 44.1 Å². The minimum atomic E-state index is -0.187. The fraction of sp³-hybridized carbons (Fsp3) is 0.294. The Hall–Kier alpha value is -1.65. The average molecular weight is 300 g/mol. The van der Waals surface area contributed by atoms with E-state index in [1.165, 1.54) is 41.8 Å². The second kappa shape index (κ2) is 5.28. The smallest absolute Gasteiger partial charge is 0.147 e. The molecule has 108 valence electrons. The molecule has 0 unspecified atom stereocenters. The maximum atomic E-state index is 13.8. The quantitative estimate of drug-likeness (QED) is 0.747. The summed E-state index contributed by atoms with van der Waals surface area (Å²) in [6.45, 7) is 3.47. The minimum absolute atomic E-state index is 0.187. The number of H-pyrrole nitrogens is 1. The maximum Gasteiger partial charge on any atom is 0.147 e. The van der Waals surface area contributed by atoms with E-state index in [0.717, 1.165) is 17.5 Å². The molecule has 0 atom stereocenters. The number of benzene rings is 1. The minimum Gasteiger partial charge on any atom is -0.358 e. The lowest BCUT2D eigenvalue weighted by Crippen LogP contribution is -2.17. The monoisotopic (exact) mass is 300 g/mol. The lowest BCUT2D eigenvalue weighted by Gasteiger charge is -2.12. The molecule has 0 aliphatic carbocycles. The second-order valence-electron chi connectivity index (χ2n) is 5.61. The lowest BCUT2D eigenvalue weighted by atomic mass is 10.1. The summed E-state index contributed by atoms with van der Waals surface area (Å²) in [5.74, 6) is -0.187. The summed E-state index contributed by atoms with van der Waals surface area (Å²) in [5, 5.41) is 0.963. The summed E-state index contributed by atoms with van der Waals surface area (Å²) in [5.41, 5.74) is 1.70. The number of aromatic amines is 1. The van der Waals surface area contributed by atoms with Crippen LogP contribution >= 0.6 is 11.3 Å². The van der Waals surface area contributed by atoms with Crippen LogP contribution in [0.5, 0.6) is 0 Å². The summed E-state index contributed by atoms with van der Waals surface area (Å²) in [4.78, 5) is 8.16.